The number of aryl methyl sites for hydroxylation is 1. The third-order valence-corrected chi connectivity index (χ3v) is 5.40. The first-order valence-electron chi connectivity index (χ1n) is 9.85. The van der Waals surface area contributed by atoms with E-state index in [1.54, 1.807) is 0 Å². The van der Waals surface area contributed by atoms with Crippen LogP contribution in [0.1, 0.15) is 31.2 Å². The summed E-state index contributed by atoms with van der Waals surface area (Å²) in [6.45, 7) is 9.08. The van der Waals surface area contributed by atoms with Crippen molar-refractivity contribution in [1.29, 1.82) is 0 Å². The fourth-order valence-electron chi connectivity index (χ4n) is 3.88. The molecular weight excluding hydrogens is 340 g/mol. The molecule has 0 saturated carbocycles. The van der Waals surface area contributed by atoms with Crippen LogP contribution in [-0.4, -0.2) is 48.6 Å². The maximum Gasteiger partial charge on any atom is 0.171 e. The second kappa shape index (κ2) is 7.82. The van der Waals surface area contributed by atoms with Crippen LogP contribution in [0.3, 0.4) is 0 Å². The summed E-state index contributed by atoms with van der Waals surface area (Å²) < 4.78 is 11.7. The van der Waals surface area contributed by atoms with Gasteiger partial charge in [-0.05, 0) is 19.4 Å². The monoisotopic (exact) mass is 368 g/mol. The summed E-state index contributed by atoms with van der Waals surface area (Å²) in [7, 11) is 0. The van der Waals surface area contributed by atoms with Crippen LogP contribution < -0.4 is 9.80 Å². The lowest BCUT2D eigenvalue weighted by molar-refractivity contribution is -0.169. The smallest absolute Gasteiger partial charge is 0.171 e. The second-order valence-corrected chi connectivity index (χ2v) is 7.23. The molecule has 0 N–H and O–H groups in total. The Kier molecular flexibility index (Phi) is 5.27. The summed E-state index contributed by atoms with van der Waals surface area (Å²) in [6, 6.07) is 12.6. The number of nitrogens with zero attached hydrogens (tertiary/aromatic N) is 4. The standard InChI is InChI=1S/C21H28N4O2/c1-3-24(16-18-7-5-4-6-8-18)19-15-20(23-17(2)22-19)25-11-9-21(10-12-25)26-13-14-27-21/h4-8,15H,3,9-14,16H2,1-2H3. The molecule has 6 nitrogen and oxygen atoms in total. The molecule has 0 radical (unpaired) electrons. The van der Waals surface area contributed by atoms with Crippen LogP contribution in [0.2, 0.25) is 0 Å². The predicted molar refractivity (Wildman–Crippen MR) is 106 cm³/mol. The molecule has 1 spiro atoms. The highest BCUT2D eigenvalue weighted by Crippen LogP contribution is 2.33. The Morgan fingerprint density at radius 3 is 2.44 bits per heavy atom. The Labute approximate surface area is 161 Å². The molecule has 0 amide bonds. The van der Waals surface area contributed by atoms with Gasteiger partial charge in [-0.1, -0.05) is 30.3 Å². The molecule has 6 heteroatoms. The lowest BCUT2D eigenvalue weighted by atomic mass is 10.0. The van der Waals surface area contributed by atoms with Gasteiger partial charge in [-0.25, -0.2) is 9.97 Å². The first-order chi connectivity index (χ1) is 13.2. The summed E-state index contributed by atoms with van der Waals surface area (Å²) >= 11 is 0. The fourth-order valence-corrected chi connectivity index (χ4v) is 3.88. The van der Waals surface area contributed by atoms with E-state index in [2.05, 4.69) is 47.1 Å². The molecule has 1 aromatic carbocycles. The molecule has 3 heterocycles. The summed E-state index contributed by atoms with van der Waals surface area (Å²) in [6.07, 6.45) is 1.76. The average Bonchev–Trinajstić information content (AvgIpc) is 3.15. The van der Waals surface area contributed by atoms with Gasteiger partial charge in [-0.3, -0.25) is 0 Å². The van der Waals surface area contributed by atoms with Gasteiger partial charge < -0.3 is 19.3 Å². The lowest BCUT2D eigenvalue weighted by Crippen LogP contribution is -2.45. The average molecular weight is 368 g/mol. The molecule has 4 rings (SSSR count). The zero-order chi connectivity index (χ0) is 18.7. The first kappa shape index (κ1) is 18.2. The Bertz CT molecular complexity index is 752. The van der Waals surface area contributed by atoms with E-state index in [4.69, 9.17) is 19.4 Å². The second-order valence-electron chi connectivity index (χ2n) is 7.23. The van der Waals surface area contributed by atoms with Crippen LogP contribution >= 0.6 is 0 Å². The first-order valence-corrected chi connectivity index (χ1v) is 9.85. The van der Waals surface area contributed by atoms with Crippen molar-refractivity contribution in [2.24, 2.45) is 0 Å². The summed E-state index contributed by atoms with van der Waals surface area (Å²) in [5.74, 6) is 2.43. The molecule has 27 heavy (non-hydrogen) atoms. The predicted octanol–water partition coefficient (Wildman–Crippen LogP) is 3.15. The summed E-state index contributed by atoms with van der Waals surface area (Å²) in [5.41, 5.74) is 1.28. The highest BCUT2D eigenvalue weighted by molar-refractivity contribution is 5.51. The van der Waals surface area contributed by atoms with Crippen molar-refractivity contribution in [3.63, 3.8) is 0 Å². The zero-order valence-corrected chi connectivity index (χ0v) is 16.2. The minimum Gasteiger partial charge on any atom is -0.356 e. The number of ether oxygens (including phenoxy) is 2. The number of benzene rings is 1. The molecular formula is C21H28N4O2. The zero-order valence-electron chi connectivity index (χ0n) is 16.2. The van der Waals surface area contributed by atoms with E-state index in [1.807, 2.05) is 13.0 Å². The third kappa shape index (κ3) is 4.06. The molecule has 0 unspecified atom stereocenters. The van der Waals surface area contributed by atoms with Crippen molar-refractivity contribution in [3.8, 4) is 0 Å². The molecule has 2 fully saturated rings. The lowest BCUT2D eigenvalue weighted by Gasteiger charge is -2.38. The Balaban J connectivity index is 1.50. The SMILES string of the molecule is CCN(Cc1ccccc1)c1cc(N2CCC3(CC2)OCCO3)nc(C)n1. The van der Waals surface area contributed by atoms with Gasteiger partial charge in [0.1, 0.15) is 17.5 Å². The van der Waals surface area contributed by atoms with Crippen molar-refractivity contribution in [1.82, 2.24) is 9.97 Å². The minimum atomic E-state index is -0.357. The van der Waals surface area contributed by atoms with E-state index in [-0.39, 0.29) is 5.79 Å². The fraction of sp³-hybridized carbons (Fsp3) is 0.524. The van der Waals surface area contributed by atoms with E-state index >= 15 is 0 Å². The quantitative estimate of drug-likeness (QED) is 0.808. The van der Waals surface area contributed by atoms with Crippen LogP contribution in [0.15, 0.2) is 36.4 Å². The molecule has 2 aliphatic heterocycles. The number of hydrogen-bond acceptors (Lipinski definition) is 6. The molecule has 1 aromatic heterocycles. The van der Waals surface area contributed by atoms with E-state index in [0.29, 0.717) is 13.2 Å². The van der Waals surface area contributed by atoms with Crippen molar-refractivity contribution < 1.29 is 9.47 Å². The van der Waals surface area contributed by atoms with E-state index in [1.165, 1.54) is 5.56 Å². The number of hydrogen-bond donors (Lipinski definition) is 0. The molecule has 0 aliphatic carbocycles. The Morgan fingerprint density at radius 1 is 1.07 bits per heavy atom. The molecule has 2 aliphatic rings. The van der Waals surface area contributed by atoms with Crippen LogP contribution in [0.4, 0.5) is 11.6 Å². The van der Waals surface area contributed by atoms with Crippen molar-refractivity contribution in [2.45, 2.75) is 39.0 Å². The van der Waals surface area contributed by atoms with Gasteiger partial charge in [0, 0.05) is 45.1 Å². The van der Waals surface area contributed by atoms with Gasteiger partial charge >= 0.3 is 0 Å². The molecule has 0 bridgehead atoms. The van der Waals surface area contributed by atoms with Crippen LogP contribution in [-0.2, 0) is 16.0 Å². The van der Waals surface area contributed by atoms with E-state index < -0.39 is 0 Å². The third-order valence-electron chi connectivity index (χ3n) is 5.40. The van der Waals surface area contributed by atoms with Crippen molar-refractivity contribution in [2.75, 3.05) is 42.6 Å². The van der Waals surface area contributed by atoms with Crippen LogP contribution in [0.5, 0.6) is 0 Å². The molecule has 2 saturated heterocycles. The highest BCUT2D eigenvalue weighted by Gasteiger charge is 2.40. The minimum absolute atomic E-state index is 0.357. The van der Waals surface area contributed by atoms with Gasteiger partial charge in [-0.15, -0.1) is 0 Å². The van der Waals surface area contributed by atoms with Gasteiger partial charge in [0.05, 0.1) is 13.2 Å². The van der Waals surface area contributed by atoms with Gasteiger partial charge in [-0.2, -0.15) is 0 Å². The van der Waals surface area contributed by atoms with Crippen molar-refractivity contribution >= 4 is 11.6 Å². The number of anilines is 2. The largest absolute Gasteiger partial charge is 0.356 e. The summed E-state index contributed by atoms with van der Waals surface area (Å²) in [4.78, 5) is 14.0. The van der Waals surface area contributed by atoms with E-state index in [9.17, 15) is 0 Å². The Hall–Kier alpha value is -2.18. The number of piperidine rings is 1. The van der Waals surface area contributed by atoms with Crippen molar-refractivity contribution in [3.05, 3.63) is 47.8 Å². The highest BCUT2D eigenvalue weighted by atomic mass is 16.7. The summed E-state index contributed by atoms with van der Waals surface area (Å²) in [5, 5.41) is 0. The maximum atomic E-state index is 5.85. The normalized spacial score (nSPS) is 18.8. The maximum absolute atomic E-state index is 5.85. The number of aromatic nitrogens is 2. The molecule has 2 aromatic rings. The van der Waals surface area contributed by atoms with Gasteiger partial charge in [0.25, 0.3) is 0 Å². The van der Waals surface area contributed by atoms with Gasteiger partial charge in [0.2, 0.25) is 0 Å². The number of rotatable bonds is 5. The van der Waals surface area contributed by atoms with Gasteiger partial charge in [0.15, 0.2) is 5.79 Å². The van der Waals surface area contributed by atoms with Crippen LogP contribution in [0, 0.1) is 6.92 Å². The van der Waals surface area contributed by atoms with Crippen LogP contribution in [0.25, 0.3) is 0 Å². The van der Waals surface area contributed by atoms with E-state index in [0.717, 1.165) is 56.5 Å². The molecule has 144 valence electrons. The topological polar surface area (TPSA) is 50.7 Å². The Morgan fingerprint density at radius 2 is 1.78 bits per heavy atom. The molecule has 0 atom stereocenters.